The van der Waals surface area contributed by atoms with Gasteiger partial charge in [-0.3, -0.25) is 4.79 Å². The standard InChI is InChI=1S/C24H28N4O3/c1-30-22-13-7-18(15-23(22)31-2)6-10-20-5-3-4-14-27(20)24(29)19-8-11-21(12-9-19)28-17-25-16-26-28/h7-9,11-13,15-17,20H,3-6,10,14H2,1-2H3. The van der Waals surface area contributed by atoms with Crippen molar-refractivity contribution in [2.75, 3.05) is 20.8 Å². The number of methoxy groups -OCH3 is 2. The van der Waals surface area contributed by atoms with E-state index in [9.17, 15) is 4.79 Å². The van der Waals surface area contributed by atoms with Crippen LogP contribution in [0.1, 0.15) is 41.6 Å². The molecule has 3 aromatic rings. The van der Waals surface area contributed by atoms with Crippen molar-refractivity contribution in [2.24, 2.45) is 0 Å². The fourth-order valence-corrected chi connectivity index (χ4v) is 4.20. The van der Waals surface area contributed by atoms with E-state index >= 15 is 0 Å². The van der Waals surface area contributed by atoms with Gasteiger partial charge >= 0.3 is 0 Å². The van der Waals surface area contributed by atoms with E-state index in [1.807, 2.05) is 36.4 Å². The predicted octanol–water partition coefficient (Wildman–Crippen LogP) is 3.91. The molecule has 0 N–H and O–H groups in total. The first-order valence-electron chi connectivity index (χ1n) is 10.7. The van der Waals surface area contributed by atoms with E-state index < -0.39 is 0 Å². The van der Waals surface area contributed by atoms with Gasteiger partial charge in [-0.15, -0.1) is 0 Å². The third-order valence-electron chi connectivity index (χ3n) is 5.90. The van der Waals surface area contributed by atoms with Crippen LogP contribution in [0.15, 0.2) is 55.1 Å². The lowest BCUT2D eigenvalue weighted by atomic mass is 9.95. The Hall–Kier alpha value is -3.35. The van der Waals surface area contributed by atoms with Gasteiger partial charge in [-0.1, -0.05) is 6.07 Å². The summed E-state index contributed by atoms with van der Waals surface area (Å²) in [5, 5.41) is 4.13. The maximum Gasteiger partial charge on any atom is 0.254 e. The minimum absolute atomic E-state index is 0.0992. The minimum Gasteiger partial charge on any atom is -0.493 e. The molecule has 0 aliphatic carbocycles. The number of piperidine rings is 1. The maximum atomic E-state index is 13.3. The number of benzene rings is 2. The second-order valence-corrected chi connectivity index (χ2v) is 7.76. The molecule has 1 aromatic heterocycles. The number of likely N-dealkylation sites (tertiary alicyclic amines) is 1. The summed E-state index contributed by atoms with van der Waals surface area (Å²) in [7, 11) is 3.29. The Morgan fingerprint density at radius 2 is 1.87 bits per heavy atom. The third-order valence-corrected chi connectivity index (χ3v) is 5.90. The second kappa shape index (κ2) is 9.64. The highest BCUT2D eigenvalue weighted by atomic mass is 16.5. The van der Waals surface area contributed by atoms with E-state index in [-0.39, 0.29) is 11.9 Å². The van der Waals surface area contributed by atoms with E-state index in [4.69, 9.17) is 9.47 Å². The van der Waals surface area contributed by atoms with E-state index in [2.05, 4.69) is 21.0 Å². The average molecular weight is 421 g/mol. The number of carbonyl (C=O) groups excluding carboxylic acids is 1. The Labute approximate surface area is 182 Å². The van der Waals surface area contributed by atoms with Crippen LogP contribution in [0, 0.1) is 0 Å². The highest BCUT2D eigenvalue weighted by Crippen LogP contribution is 2.29. The first-order valence-corrected chi connectivity index (χ1v) is 10.7. The third kappa shape index (κ3) is 4.71. The average Bonchev–Trinajstić information content (AvgIpc) is 3.37. The molecule has 1 aliphatic heterocycles. The van der Waals surface area contributed by atoms with Gasteiger partial charge < -0.3 is 14.4 Å². The predicted molar refractivity (Wildman–Crippen MR) is 118 cm³/mol. The fraction of sp³-hybridized carbons (Fsp3) is 0.375. The summed E-state index contributed by atoms with van der Waals surface area (Å²) >= 11 is 0. The lowest BCUT2D eigenvalue weighted by Gasteiger charge is -2.36. The SMILES string of the molecule is COc1ccc(CCC2CCCCN2C(=O)c2ccc(-n3cncn3)cc2)cc1OC. The Morgan fingerprint density at radius 1 is 1.06 bits per heavy atom. The zero-order chi connectivity index (χ0) is 21.6. The quantitative estimate of drug-likeness (QED) is 0.580. The number of hydrogen-bond donors (Lipinski definition) is 0. The van der Waals surface area contributed by atoms with E-state index in [0.717, 1.165) is 55.8 Å². The smallest absolute Gasteiger partial charge is 0.254 e. The van der Waals surface area contributed by atoms with Crippen molar-refractivity contribution in [3.05, 3.63) is 66.2 Å². The van der Waals surface area contributed by atoms with Crippen LogP contribution in [-0.2, 0) is 6.42 Å². The van der Waals surface area contributed by atoms with Crippen LogP contribution in [-0.4, -0.2) is 52.4 Å². The van der Waals surface area contributed by atoms with Crippen molar-refractivity contribution >= 4 is 5.91 Å². The molecule has 7 heteroatoms. The summed E-state index contributed by atoms with van der Waals surface area (Å²) in [6.45, 7) is 0.806. The minimum atomic E-state index is 0.0992. The van der Waals surface area contributed by atoms with Gasteiger partial charge in [0.05, 0.1) is 19.9 Å². The number of aromatic nitrogens is 3. The number of hydrogen-bond acceptors (Lipinski definition) is 5. The van der Waals surface area contributed by atoms with Crippen molar-refractivity contribution in [1.29, 1.82) is 0 Å². The second-order valence-electron chi connectivity index (χ2n) is 7.76. The molecule has 31 heavy (non-hydrogen) atoms. The topological polar surface area (TPSA) is 69.5 Å². The molecule has 0 saturated carbocycles. The molecule has 1 aliphatic rings. The summed E-state index contributed by atoms with van der Waals surface area (Å²) in [5.74, 6) is 1.57. The van der Waals surface area contributed by atoms with Crippen LogP contribution in [0.5, 0.6) is 11.5 Å². The molecule has 1 saturated heterocycles. The van der Waals surface area contributed by atoms with Crippen LogP contribution in [0.25, 0.3) is 5.69 Å². The molecular weight excluding hydrogens is 392 g/mol. The van der Waals surface area contributed by atoms with Crippen LogP contribution < -0.4 is 9.47 Å². The molecule has 0 spiro atoms. The van der Waals surface area contributed by atoms with E-state index in [1.165, 1.54) is 11.9 Å². The highest BCUT2D eigenvalue weighted by Gasteiger charge is 2.27. The van der Waals surface area contributed by atoms with Gasteiger partial charge in [-0.2, -0.15) is 5.10 Å². The molecule has 0 bridgehead atoms. The van der Waals surface area contributed by atoms with Crippen molar-refractivity contribution < 1.29 is 14.3 Å². The van der Waals surface area contributed by atoms with E-state index in [1.54, 1.807) is 25.2 Å². The molecule has 0 radical (unpaired) electrons. The first-order chi connectivity index (χ1) is 15.2. The van der Waals surface area contributed by atoms with E-state index in [0.29, 0.717) is 5.56 Å². The summed E-state index contributed by atoms with van der Waals surface area (Å²) < 4.78 is 12.4. The monoisotopic (exact) mass is 420 g/mol. The molecule has 162 valence electrons. The zero-order valence-electron chi connectivity index (χ0n) is 18.0. The first kappa shape index (κ1) is 20.9. The zero-order valence-corrected chi connectivity index (χ0v) is 18.0. The summed E-state index contributed by atoms with van der Waals surface area (Å²) in [5.41, 5.74) is 2.78. The Morgan fingerprint density at radius 3 is 2.58 bits per heavy atom. The molecule has 2 heterocycles. The van der Waals surface area contributed by atoms with Crippen molar-refractivity contribution in [3.8, 4) is 17.2 Å². The van der Waals surface area contributed by atoms with Crippen molar-refractivity contribution in [2.45, 2.75) is 38.1 Å². The molecule has 2 aromatic carbocycles. The van der Waals surface area contributed by atoms with Crippen LogP contribution in [0.2, 0.25) is 0 Å². The lowest BCUT2D eigenvalue weighted by Crippen LogP contribution is -2.44. The summed E-state index contributed by atoms with van der Waals surface area (Å²) in [4.78, 5) is 19.3. The molecule has 1 atom stereocenters. The van der Waals surface area contributed by atoms with Gasteiger partial charge in [-0.25, -0.2) is 9.67 Å². The van der Waals surface area contributed by atoms with Gasteiger partial charge in [-0.05, 0) is 74.1 Å². The Kier molecular flexibility index (Phi) is 6.50. The number of amides is 1. The Bertz CT molecular complexity index is 1000. The van der Waals surface area contributed by atoms with Crippen LogP contribution in [0.4, 0.5) is 0 Å². The molecule has 1 fully saturated rings. The van der Waals surface area contributed by atoms with Crippen LogP contribution >= 0.6 is 0 Å². The maximum absolute atomic E-state index is 13.3. The fourth-order valence-electron chi connectivity index (χ4n) is 4.20. The molecule has 7 nitrogen and oxygen atoms in total. The van der Waals surface area contributed by atoms with Crippen molar-refractivity contribution in [3.63, 3.8) is 0 Å². The number of carbonyl (C=O) groups is 1. The number of nitrogens with zero attached hydrogens (tertiary/aromatic N) is 4. The van der Waals surface area contributed by atoms with Crippen molar-refractivity contribution in [1.82, 2.24) is 19.7 Å². The molecule has 1 unspecified atom stereocenters. The van der Waals surface area contributed by atoms with Gasteiger partial charge in [0.2, 0.25) is 0 Å². The number of aryl methyl sites for hydroxylation is 1. The lowest BCUT2D eigenvalue weighted by molar-refractivity contribution is 0.0602. The van der Waals surface area contributed by atoms with Gasteiger partial charge in [0.25, 0.3) is 5.91 Å². The summed E-state index contributed by atoms with van der Waals surface area (Å²) in [6.07, 6.45) is 8.21. The van der Waals surface area contributed by atoms with Gasteiger partial charge in [0.15, 0.2) is 11.5 Å². The van der Waals surface area contributed by atoms with Gasteiger partial charge in [0, 0.05) is 18.2 Å². The summed E-state index contributed by atoms with van der Waals surface area (Å²) in [6, 6.07) is 13.8. The van der Waals surface area contributed by atoms with Crippen LogP contribution in [0.3, 0.4) is 0 Å². The molecule has 4 rings (SSSR count). The number of ether oxygens (including phenoxy) is 2. The molecule has 1 amide bonds. The Balaban J connectivity index is 1.44. The highest BCUT2D eigenvalue weighted by molar-refractivity contribution is 5.94. The number of rotatable bonds is 7. The molecular formula is C24H28N4O3. The van der Waals surface area contributed by atoms with Gasteiger partial charge in [0.1, 0.15) is 12.7 Å². The normalized spacial score (nSPS) is 16.2. The largest absolute Gasteiger partial charge is 0.493 e.